The molecular weight excluding hydrogens is 292 g/mol. The predicted octanol–water partition coefficient (Wildman–Crippen LogP) is 3.52. The molecule has 0 unspecified atom stereocenters. The van der Waals surface area contributed by atoms with Crippen LogP contribution in [0.3, 0.4) is 0 Å². The van der Waals surface area contributed by atoms with Gasteiger partial charge in [-0.15, -0.1) is 0 Å². The van der Waals surface area contributed by atoms with E-state index in [1.807, 2.05) is 0 Å². The molecule has 21 heavy (non-hydrogen) atoms. The van der Waals surface area contributed by atoms with E-state index in [2.05, 4.69) is 12.2 Å². The van der Waals surface area contributed by atoms with Gasteiger partial charge in [-0.2, -0.15) is 0 Å². The molecule has 0 aromatic heterocycles. The number of hydrogen-bond donors (Lipinski definition) is 2. The molecule has 2 N–H and O–H groups in total. The van der Waals surface area contributed by atoms with Crippen molar-refractivity contribution in [1.82, 2.24) is 5.32 Å². The Morgan fingerprint density at radius 1 is 1.19 bits per heavy atom. The number of carboxylic acid groups (broad SMARTS) is 1. The van der Waals surface area contributed by atoms with Gasteiger partial charge < -0.3 is 10.4 Å². The lowest BCUT2D eigenvalue weighted by molar-refractivity contribution is -0.135. The van der Waals surface area contributed by atoms with Crippen LogP contribution in [0.4, 0.5) is 10.5 Å². The van der Waals surface area contributed by atoms with Crippen molar-refractivity contribution in [1.29, 1.82) is 0 Å². The Morgan fingerprint density at radius 3 is 2.43 bits per heavy atom. The summed E-state index contributed by atoms with van der Waals surface area (Å²) in [6, 6.07) is 6.10. The van der Waals surface area contributed by atoms with Gasteiger partial charge >= 0.3 is 12.0 Å². The SMILES string of the molecule is CCCCCCNC(=O)N(CC(=O)O)c1ccc(Cl)cc1. The lowest BCUT2D eigenvalue weighted by Gasteiger charge is -2.21. The number of carbonyl (C=O) groups is 2. The second-order valence-electron chi connectivity index (χ2n) is 4.75. The maximum atomic E-state index is 12.1. The van der Waals surface area contributed by atoms with E-state index < -0.39 is 12.0 Å². The van der Waals surface area contributed by atoms with Crippen molar-refractivity contribution < 1.29 is 14.7 Å². The molecule has 1 aromatic rings. The standard InChI is InChI=1S/C15H21ClN2O3/c1-2-3-4-5-10-17-15(21)18(11-14(19)20)13-8-6-12(16)7-9-13/h6-9H,2-5,10-11H2,1H3,(H,17,21)(H,19,20). The van der Waals surface area contributed by atoms with Gasteiger partial charge in [-0.25, -0.2) is 4.79 Å². The lowest BCUT2D eigenvalue weighted by atomic mass is 10.2. The summed E-state index contributed by atoms with van der Waals surface area (Å²) < 4.78 is 0. The summed E-state index contributed by atoms with van der Waals surface area (Å²) >= 11 is 5.80. The molecule has 0 heterocycles. The maximum Gasteiger partial charge on any atom is 0.323 e. The molecule has 0 atom stereocenters. The fourth-order valence-electron chi connectivity index (χ4n) is 1.88. The minimum Gasteiger partial charge on any atom is -0.480 e. The zero-order chi connectivity index (χ0) is 15.7. The summed E-state index contributed by atoms with van der Waals surface area (Å²) in [4.78, 5) is 24.2. The average Bonchev–Trinajstić information content (AvgIpc) is 2.45. The molecule has 0 spiro atoms. The Hall–Kier alpha value is -1.75. The van der Waals surface area contributed by atoms with Crippen LogP contribution < -0.4 is 10.2 Å². The van der Waals surface area contributed by atoms with Crippen molar-refractivity contribution in [3.8, 4) is 0 Å². The van der Waals surface area contributed by atoms with E-state index in [-0.39, 0.29) is 6.54 Å². The van der Waals surface area contributed by atoms with Crippen LogP contribution in [0.5, 0.6) is 0 Å². The van der Waals surface area contributed by atoms with Crippen molar-refractivity contribution in [2.24, 2.45) is 0 Å². The number of nitrogens with one attached hydrogen (secondary N) is 1. The molecule has 5 nitrogen and oxygen atoms in total. The number of benzene rings is 1. The third-order valence-corrected chi connectivity index (χ3v) is 3.24. The van der Waals surface area contributed by atoms with Crippen LogP contribution in [0.1, 0.15) is 32.6 Å². The first-order chi connectivity index (χ1) is 10.0. The largest absolute Gasteiger partial charge is 0.480 e. The molecule has 2 amide bonds. The predicted molar refractivity (Wildman–Crippen MR) is 84.0 cm³/mol. The summed E-state index contributed by atoms with van der Waals surface area (Å²) in [6.45, 7) is 2.28. The fourth-order valence-corrected chi connectivity index (χ4v) is 2.01. The van der Waals surface area contributed by atoms with E-state index >= 15 is 0 Å². The van der Waals surface area contributed by atoms with Crippen LogP contribution in [-0.4, -0.2) is 30.2 Å². The topological polar surface area (TPSA) is 69.6 Å². The third-order valence-electron chi connectivity index (χ3n) is 2.98. The summed E-state index contributed by atoms with van der Waals surface area (Å²) in [5.74, 6) is -1.06. The van der Waals surface area contributed by atoms with E-state index in [0.717, 1.165) is 25.7 Å². The van der Waals surface area contributed by atoms with Gasteiger partial charge in [0.15, 0.2) is 0 Å². The third kappa shape index (κ3) is 6.49. The number of halogens is 1. The highest BCUT2D eigenvalue weighted by molar-refractivity contribution is 6.30. The highest BCUT2D eigenvalue weighted by Crippen LogP contribution is 2.18. The Bertz CT molecular complexity index is 462. The molecule has 0 saturated heterocycles. The smallest absolute Gasteiger partial charge is 0.323 e. The van der Waals surface area contributed by atoms with Gasteiger partial charge in [0.2, 0.25) is 0 Å². The van der Waals surface area contributed by atoms with Crippen LogP contribution in [0.15, 0.2) is 24.3 Å². The number of aliphatic carboxylic acids is 1. The number of rotatable bonds is 8. The average molecular weight is 313 g/mol. The molecule has 1 aromatic carbocycles. The molecule has 0 fully saturated rings. The quantitative estimate of drug-likeness (QED) is 0.722. The Balaban J connectivity index is 2.62. The number of anilines is 1. The summed E-state index contributed by atoms with van der Waals surface area (Å²) in [5.41, 5.74) is 0.507. The van der Waals surface area contributed by atoms with Gasteiger partial charge in [-0.3, -0.25) is 9.69 Å². The van der Waals surface area contributed by atoms with Crippen molar-refractivity contribution in [3.63, 3.8) is 0 Å². The monoisotopic (exact) mass is 312 g/mol. The molecule has 0 saturated carbocycles. The van der Waals surface area contributed by atoms with Crippen molar-refractivity contribution in [3.05, 3.63) is 29.3 Å². The summed E-state index contributed by atoms with van der Waals surface area (Å²) in [6.07, 6.45) is 4.20. The van der Waals surface area contributed by atoms with E-state index in [1.165, 1.54) is 4.90 Å². The molecule has 116 valence electrons. The Morgan fingerprint density at radius 2 is 1.86 bits per heavy atom. The molecule has 6 heteroatoms. The van der Waals surface area contributed by atoms with Crippen LogP contribution in [0, 0.1) is 0 Å². The first-order valence-corrected chi connectivity index (χ1v) is 7.45. The molecule has 0 aliphatic heterocycles. The first kappa shape index (κ1) is 17.3. The number of hydrogen-bond acceptors (Lipinski definition) is 2. The minimum absolute atomic E-state index is 0.386. The summed E-state index contributed by atoms with van der Waals surface area (Å²) in [5, 5.41) is 12.2. The highest BCUT2D eigenvalue weighted by Gasteiger charge is 2.18. The van der Waals surface area contributed by atoms with Gasteiger partial charge in [-0.05, 0) is 30.7 Å². The zero-order valence-electron chi connectivity index (χ0n) is 12.1. The van der Waals surface area contributed by atoms with Gasteiger partial charge in [0.05, 0.1) is 0 Å². The lowest BCUT2D eigenvalue weighted by Crippen LogP contribution is -2.43. The van der Waals surface area contributed by atoms with Crippen molar-refractivity contribution in [2.75, 3.05) is 18.0 Å². The fraction of sp³-hybridized carbons (Fsp3) is 0.467. The van der Waals surface area contributed by atoms with Crippen molar-refractivity contribution in [2.45, 2.75) is 32.6 Å². The number of urea groups is 1. The summed E-state index contributed by atoms with van der Waals surface area (Å²) in [7, 11) is 0. The van der Waals surface area contributed by atoms with Gasteiger partial charge in [0, 0.05) is 17.3 Å². The molecule has 0 aliphatic rings. The van der Waals surface area contributed by atoms with E-state index in [0.29, 0.717) is 17.3 Å². The number of amides is 2. The minimum atomic E-state index is -1.06. The normalized spacial score (nSPS) is 10.2. The second-order valence-corrected chi connectivity index (χ2v) is 5.19. The molecule has 1 rings (SSSR count). The van der Waals surface area contributed by atoms with E-state index in [4.69, 9.17) is 16.7 Å². The highest BCUT2D eigenvalue weighted by atomic mass is 35.5. The molecule has 0 bridgehead atoms. The van der Waals surface area contributed by atoms with Crippen LogP contribution >= 0.6 is 11.6 Å². The molecule has 0 radical (unpaired) electrons. The van der Waals surface area contributed by atoms with Crippen LogP contribution in [0.25, 0.3) is 0 Å². The van der Waals surface area contributed by atoms with Gasteiger partial charge in [0.25, 0.3) is 0 Å². The number of unbranched alkanes of at least 4 members (excludes halogenated alkanes) is 3. The van der Waals surface area contributed by atoms with Crippen LogP contribution in [0.2, 0.25) is 5.02 Å². The molecular formula is C15H21ClN2O3. The van der Waals surface area contributed by atoms with Crippen molar-refractivity contribution >= 4 is 29.3 Å². The van der Waals surface area contributed by atoms with E-state index in [9.17, 15) is 9.59 Å². The first-order valence-electron chi connectivity index (χ1n) is 7.07. The number of carbonyl (C=O) groups excluding carboxylic acids is 1. The Kier molecular flexibility index (Phi) is 7.61. The zero-order valence-corrected chi connectivity index (χ0v) is 12.9. The van der Waals surface area contributed by atoms with E-state index in [1.54, 1.807) is 24.3 Å². The number of carboxylic acids is 1. The number of nitrogens with zero attached hydrogens (tertiary/aromatic N) is 1. The molecule has 0 aliphatic carbocycles. The Labute approximate surface area is 129 Å². The van der Waals surface area contributed by atoms with Crippen LogP contribution in [-0.2, 0) is 4.79 Å². The maximum absolute atomic E-state index is 12.1. The second kappa shape index (κ2) is 9.23. The van der Waals surface area contributed by atoms with Gasteiger partial charge in [-0.1, -0.05) is 37.8 Å². The van der Waals surface area contributed by atoms with Gasteiger partial charge in [0.1, 0.15) is 6.54 Å².